The van der Waals surface area contributed by atoms with Gasteiger partial charge in [-0.1, -0.05) is 0 Å². The molecule has 0 aliphatic carbocycles. The molecule has 1 aliphatic heterocycles. The maximum absolute atomic E-state index is 12.3. The highest BCUT2D eigenvalue weighted by molar-refractivity contribution is 5.68. The number of rotatable bonds is 3. The van der Waals surface area contributed by atoms with Crippen LogP contribution in [0.5, 0.6) is 0 Å². The molecule has 2 unspecified atom stereocenters. The van der Waals surface area contributed by atoms with Gasteiger partial charge in [0.05, 0.1) is 25.4 Å². The van der Waals surface area contributed by atoms with Crippen molar-refractivity contribution >= 4 is 6.09 Å². The number of aliphatic hydroxyl groups excluding tert-OH is 1. The quantitative estimate of drug-likeness (QED) is 0.866. The smallest absolute Gasteiger partial charge is 0.410 e. The fourth-order valence-corrected chi connectivity index (χ4v) is 2.32. The van der Waals surface area contributed by atoms with Crippen LogP contribution in [0, 0.1) is 0 Å². The molecule has 0 aromatic carbocycles. The van der Waals surface area contributed by atoms with Crippen molar-refractivity contribution in [3.63, 3.8) is 0 Å². The number of carbonyl (C=O) groups excluding carboxylic acids is 1. The fraction of sp³-hybridized carbons (Fsp3) is 0.786. The number of aryl methyl sites for hydroxylation is 1. The van der Waals surface area contributed by atoms with Crippen LogP contribution in [0.4, 0.5) is 4.79 Å². The Balaban J connectivity index is 2.05. The third-order valence-corrected chi connectivity index (χ3v) is 3.43. The molecule has 124 valence electrons. The van der Waals surface area contributed by atoms with Gasteiger partial charge in [-0.2, -0.15) is 5.10 Å². The van der Waals surface area contributed by atoms with Crippen molar-refractivity contribution < 1.29 is 19.4 Å². The van der Waals surface area contributed by atoms with Crippen LogP contribution in [0.2, 0.25) is 0 Å². The molecule has 0 saturated carbocycles. The van der Waals surface area contributed by atoms with Crippen molar-refractivity contribution in [2.45, 2.75) is 44.9 Å². The summed E-state index contributed by atoms with van der Waals surface area (Å²) in [7, 11) is 1.76. The van der Waals surface area contributed by atoms with Gasteiger partial charge < -0.3 is 14.6 Å². The van der Waals surface area contributed by atoms with E-state index in [2.05, 4.69) is 10.1 Å². The van der Waals surface area contributed by atoms with Gasteiger partial charge in [-0.15, -0.1) is 0 Å². The number of aromatic nitrogens is 3. The first-order chi connectivity index (χ1) is 10.3. The predicted molar refractivity (Wildman–Crippen MR) is 78.3 cm³/mol. The predicted octanol–water partition coefficient (Wildman–Crippen LogP) is 0.354. The third kappa shape index (κ3) is 4.17. The summed E-state index contributed by atoms with van der Waals surface area (Å²) in [6.45, 7) is 6.56. The lowest BCUT2D eigenvalue weighted by Gasteiger charge is -2.38. The summed E-state index contributed by atoms with van der Waals surface area (Å²) in [5, 5.41) is 14.5. The molecule has 0 spiro atoms. The first-order valence-electron chi connectivity index (χ1n) is 7.36. The number of morpholine rings is 1. The second-order valence-corrected chi connectivity index (χ2v) is 6.39. The van der Waals surface area contributed by atoms with Gasteiger partial charge in [0, 0.05) is 20.0 Å². The van der Waals surface area contributed by atoms with Crippen molar-refractivity contribution in [2.75, 3.05) is 19.8 Å². The highest BCUT2D eigenvalue weighted by Crippen LogP contribution is 2.18. The van der Waals surface area contributed by atoms with E-state index in [4.69, 9.17) is 9.47 Å². The van der Waals surface area contributed by atoms with Gasteiger partial charge in [-0.25, -0.2) is 9.78 Å². The zero-order valence-corrected chi connectivity index (χ0v) is 13.5. The molecule has 8 heteroatoms. The minimum atomic E-state index is -0.796. The van der Waals surface area contributed by atoms with Crippen molar-refractivity contribution in [2.24, 2.45) is 7.05 Å². The monoisotopic (exact) mass is 312 g/mol. The van der Waals surface area contributed by atoms with E-state index in [-0.39, 0.29) is 6.61 Å². The SMILES string of the molecule is Cn1ncnc1CC(O)C1COCCN1C(=O)OC(C)(C)C. The Morgan fingerprint density at radius 2 is 2.32 bits per heavy atom. The van der Waals surface area contributed by atoms with Crippen LogP contribution in [0.1, 0.15) is 26.6 Å². The number of ether oxygens (including phenoxy) is 2. The summed E-state index contributed by atoms with van der Waals surface area (Å²) >= 11 is 0. The number of nitrogens with zero attached hydrogens (tertiary/aromatic N) is 4. The lowest BCUT2D eigenvalue weighted by molar-refractivity contribution is -0.0664. The molecule has 1 saturated heterocycles. The first kappa shape index (κ1) is 16.7. The van der Waals surface area contributed by atoms with E-state index in [1.54, 1.807) is 11.7 Å². The molecule has 1 aliphatic rings. The lowest BCUT2D eigenvalue weighted by atomic mass is 10.1. The third-order valence-electron chi connectivity index (χ3n) is 3.43. The van der Waals surface area contributed by atoms with Crippen molar-refractivity contribution in [1.82, 2.24) is 19.7 Å². The molecule has 0 radical (unpaired) electrons. The van der Waals surface area contributed by atoms with Gasteiger partial charge in [0.2, 0.25) is 0 Å². The van der Waals surface area contributed by atoms with E-state index in [1.807, 2.05) is 20.8 Å². The Bertz CT molecular complexity index is 511. The first-order valence-corrected chi connectivity index (χ1v) is 7.36. The molecular formula is C14H24N4O4. The second kappa shape index (κ2) is 6.62. The van der Waals surface area contributed by atoms with Crippen molar-refractivity contribution in [3.8, 4) is 0 Å². The molecule has 22 heavy (non-hydrogen) atoms. The number of amides is 1. The molecule has 1 aromatic heterocycles. The van der Waals surface area contributed by atoms with Crippen LogP contribution >= 0.6 is 0 Å². The summed E-state index contributed by atoms with van der Waals surface area (Å²) in [6.07, 6.45) is 0.503. The minimum Gasteiger partial charge on any atom is -0.444 e. The topological polar surface area (TPSA) is 89.7 Å². The van der Waals surface area contributed by atoms with Crippen molar-refractivity contribution in [1.29, 1.82) is 0 Å². The van der Waals surface area contributed by atoms with Crippen LogP contribution in [0.3, 0.4) is 0 Å². The lowest BCUT2D eigenvalue weighted by Crippen LogP contribution is -2.55. The number of hydrogen-bond acceptors (Lipinski definition) is 6. The average Bonchev–Trinajstić information content (AvgIpc) is 2.82. The molecule has 1 fully saturated rings. The molecule has 1 N–H and O–H groups in total. The Hall–Kier alpha value is -1.67. The highest BCUT2D eigenvalue weighted by Gasteiger charge is 2.35. The second-order valence-electron chi connectivity index (χ2n) is 6.39. The Kier molecular flexibility index (Phi) is 5.02. The molecule has 0 bridgehead atoms. The normalized spacial score (nSPS) is 20.8. The number of hydrogen-bond donors (Lipinski definition) is 1. The van der Waals surface area contributed by atoms with Crippen LogP contribution in [0.15, 0.2) is 6.33 Å². The van der Waals surface area contributed by atoms with Gasteiger partial charge >= 0.3 is 6.09 Å². The Morgan fingerprint density at radius 3 is 2.91 bits per heavy atom. The summed E-state index contributed by atoms with van der Waals surface area (Å²) in [6, 6.07) is -0.458. The average molecular weight is 312 g/mol. The van der Waals surface area contributed by atoms with E-state index < -0.39 is 23.8 Å². The van der Waals surface area contributed by atoms with E-state index in [0.29, 0.717) is 25.4 Å². The molecule has 2 heterocycles. The van der Waals surface area contributed by atoms with E-state index in [9.17, 15) is 9.90 Å². The van der Waals surface area contributed by atoms with E-state index in [1.165, 1.54) is 11.2 Å². The Labute approximate surface area is 130 Å². The van der Waals surface area contributed by atoms with Crippen LogP contribution in [-0.2, 0) is 22.9 Å². The standard InChI is InChI=1S/C14H24N4O4/c1-14(2,3)22-13(20)18-5-6-21-8-10(18)11(19)7-12-15-9-16-17(12)4/h9-11,19H,5-8H2,1-4H3. The largest absolute Gasteiger partial charge is 0.444 e. The fourth-order valence-electron chi connectivity index (χ4n) is 2.32. The molecule has 1 amide bonds. The van der Waals surface area contributed by atoms with Crippen LogP contribution in [0.25, 0.3) is 0 Å². The number of carbonyl (C=O) groups is 1. The molecule has 2 atom stereocenters. The summed E-state index contributed by atoms with van der Waals surface area (Å²) < 4.78 is 12.4. The Morgan fingerprint density at radius 1 is 1.59 bits per heavy atom. The zero-order chi connectivity index (χ0) is 16.3. The van der Waals surface area contributed by atoms with E-state index >= 15 is 0 Å². The maximum atomic E-state index is 12.3. The molecular weight excluding hydrogens is 288 g/mol. The van der Waals surface area contributed by atoms with Crippen LogP contribution in [-0.4, -0.2) is 68.4 Å². The highest BCUT2D eigenvalue weighted by atomic mass is 16.6. The van der Waals surface area contributed by atoms with Gasteiger partial charge in [0.25, 0.3) is 0 Å². The summed E-state index contributed by atoms with van der Waals surface area (Å²) in [5.41, 5.74) is -0.575. The van der Waals surface area contributed by atoms with E-state index in [0.717, 1.165) is 0 Å². The zero-order valence-electron chi connectivity index (χ0n) is 13.5. The van der Waals surface area contributed by atoms with Crippen molar-refractivity contribution in [3.05, 3.63) is 12.2 Å². The van der Waals surface area contributed by atoms with Gasteiger partial charge in [0.15, 0.2) is 0 Å². The van der Waals surface area contributed by atoms with Gasteiger partial charge in [-0.05, 0) is 20.8 Å². The number of aliphatic hydroxyl groups is 1. The molecule has 8 nitrogen and oxygen atoms in total. The van der Waals surface area contributed by atoms with Gasteiger partial charge in [-0.3, -0.25) is 9.58 Å². The summed E-state index contributed by atoms with van der Waals surface area (Å²) in [5.74, 6) is 0.655. The maximum Gasteiger partial charge on any atom is 0.410 e. The molecule has 1 aromatic rings. The molecule has 2 rings (SSSR count). The van der Waals surface area contributed by atoms with Crippen LogP contribution < -0.4 is 0 Å². The summed E-state index contributed by atoms with van der Waals surface area (Å²) in [4.78, 5) is 17.9. The minimum absolute atomic E-state index is 0.276. The van der Waals surface area contributed by atoms with Gasteiger partial charge in [0.1, 0.15) is 17.8 Å².